The van der Waals surface area contributed by atoms with E-state index >= 15 is 0 Å². The molecule has 3 heterocycles. The first-order valence-corrected chi connectivity index (χ1v) is 28.1. The maximum absolute atomic E-state index is 14.5. The predicted molar refractivity (Wildman–Crippen MR) is 307 cm³/mol. The van der Waals surface area contributed by atoms with Crippen molar-refractivity contribution in [2.24, 2.45) is 0 Å². The van der Waals surface area contributed by atoms with Crippen molar-refractivity contribution in [3.8, 4) is 0 Å². The number of ether oxygens (including phenoxy) is 12. The van der Waals surface area contributed by atoms with E-state index in [1.54, 1.807) is 115 Å². The lowest BCUT2D eigenvalue weighted by Crippen LogP contribution is -2.65. The zero-order valence-electron chi connectivity index (χ0n) is 46.1. The van der Waals surface area contributed by atoms with E-state index in [1.165, 1.54) is 0 Å². The Morgan fingerprint density at radius 1 is 0.376 bits per heavy atom. The number of carbonyl (C=O) groups is 4. The fourth-order valence-electron chi connectivity index (χ4n) is 10.2. The van der Waals surface area contributed by atoms with Crippen molar-refractivity contribution in [2.45, 2.75) is 94.1 Å². The van der Waals surface area contributed by atoms with Gasteiger partial charge in [-0.3, -0.25) is 0 Å². The van der Waals surface area contributed by atoms with Gasteiger partial charge in [-0.05, 0) is 64.7 Å². The summed E-state index contributed by atoms with van der Waals surface area (Å²) in [6.45, 7) is -0.425. The molecule has 11 atom stereocenters. The molecule has 0 radical (unpaired) electrons. The van der Waals surface area contributed by atoms with Crippen LogP contribution in [0.5, 0.6) is 0 Å². The van der Waals surface area contributed by atoms with Gasteiger partial charge in [0.25, 0.3) is 0 Å². The van der Waals surface area contributed by atoms with Crippen LogP contribution in [-0.2, 0) is 83.3 Å². The number of carbonyl (C=O) groups excluding carboxylic acids is 4. The standard InChI is InChI=1S/C69H62O16/c70-63(49-30-14-4-15-31-49)82-58-56(45-79-68-61(75-41-47-26-10-2-11-27-47)59(74-40-46-24-8-1-9-25-46)57-55(80-68)44-78-67(85-57)52-36-20-7-21-37-52)81-69(77-43-53-38-22-23-39-54(53)66(73)76-42-48-28-12-3-13-29-48)62(84-65(72)51-34-18-6-19-35-51)60(58)83-64(71)50-32-16-5-17-33-50/h1-39,55-62,67-69H,40-45H2/t55-,56-,57-,58-,59+,60+,61+,62-,67-,68-,69-/m1/s1. The van der Waals surface area contributed by atoms with Gasteiger partial charge in [0.15, 0.2) is 37.2 Å². The number of hydrogen-bond donors (Lipinski definition) is 0. The molecule has 3 fully saturated rings. The fraction of sp³-hybridized carbons (Fsp3) is 0.246. The summed E-state index contributed by atoms with van der Waals surface area (Å²) in [5.41, 5.74) is 4.35. The van der Waals surface area contributed by atoms with Gasteiger partial charge in [0.05, 0.1) is 55.3 Å². The van der Waals surface area contributed by atoms with Crippen molar-refractivity contribution in [3.63, 3.8) is 0 Å². The van der Waals surface area contributed by atoms with Gasteiger partial charge in [-0.1, -0.05) is 194 Å². The van der Waals surface area contributed by atoms with Gasteiger partial charge in [-0.15, -0.1) is 0 Å². The molecule has 0 N–H and O–H groups in total. The largest absolute Gasteiger partial charge is 0.457 e. The Hall–Kier alpha value is -8.68. The van der Waals surface area contributed by atoms with Crippen molar-refractivity contribution in [1.29, 1.82) is 0 Å². The summed E-state index contributed by atoms with van der Waals surface area (Å²) in [6.07, 6.45) is -13.3. The lowest BCUT2D eigenvalue weighted by atomic mass is 9.96. The maximum atomic E-state index is 14.5. The Labute approximate surface area is 491 Å². The van der Waals surface area contributed by atoms with Crippen LogP contribution in [0.1, 0.15) is 75.5 Å². The number of benzene rings is 8. The SMILES string of the molecule is O=C(O[C@@H]1[C@@H](OC(=O)c2ccccc2)[C@H](OCc2ccccc2C(=O)OCc2ccccc2)O[C@H](CO[C@@H]2O[C@@H]3CO[C@@H](c4ccccc4)O[C@H]3[C@H](OCc3ccccc3)[C@@H]2OCc2ccccc2)[C@H]1OC(=O)c1ccccc1)c1ccccc1. The molecule has 0 aromatic heterocycles. The van der Waals surface area contributed by atoms with Gasteiger partial charge in [-0.2, -0.15) is 0 Å². The zero-order valence-corrected chi connectivity index (χ0v) is 46.1. The smallest absolute Gasteiger partial charge is 0.338 e. The summed E-state index contributed by atoms with van der Waals surface area (Å²) in [5.74, 6) is -3.13. The molecule has 16 nitrogen and oxygen atoms in total. The first-order valence-electron chi connectivity index (χ1n) is 28.1. The van der Waals surface area contributed by atoms with Crippen molar-refractivity contribution in [2.75, 3.05) is 13.2 Å². The normalized spacial score (nSPS) is 23.6. The lowest BCUT2D eigenvalue weighted by molar-refractivity contribution is -0.378. The van der Waals surface area contributed by atoms with Crippen LogP contribution in [0, 0.1) is 0 Å². The van der Waals surface area contributed by atoms with Crippen LogP contribution >= 0.6 is 0 Å². The quantitative estimate of drug-likeness (QED) is 0.0462. The minimum absolute atomic E-state index is 0.00968. The van der Waals surface area contributed by atoms with Crippen LogP contribution in [0.3, 0.4) is 0 Å². The second-order valence-electron chi connectivity index (χ2n) is 20.4. The second-order valence-corrected chi connectivity index (χ2v) is 20.4. The van der Waals surface area contributed by atoms with E-state index in [0.717, 1.165) is 22.3 Å². The van der Waals surface area contributed by atoms with Gasteiger partial charge in [0, 0.05) is 5.56 Å². The van der Waals surface area contributed by atoms with Gasteiger partial charge in [0.2, 0.25) is 0 Å². The minimum atomic E-state index is -1.66. The third-order valence-electron chi connectivity index (χ3n) is 14.6. The molecule has 3 aliphatic heterocycles. The molecule has 85 heavy (non-hydrogen) atoms. The number of hydrogen-bond acceptors (Lipinski definition) is 16. The summed E-state index contributed by atoms with van der Waals surface area (Å²) in [6, 6.07) is 69.4. The molecule has 0 saturated carbocycles. The van der Waals surface area contributed by atoms with Crippen LogP contribution in [0.25, 0.3) is 0 Å². The minimum Gasteiger partial charge on any atom is -0.457 e. The van der Waals surface area contributed by atoms with Crippen molar-refractivity contribution in [1.82, 2.24) is 0 Å². The molecule has 8 aromatic rings. The maximum Gasteiger partial charge on any atom is 0.338 e. The van der Waals surface area contributed by atoms with Crippen LogP contribution in [0.2, 0.25) is 0 Å². The fourth-order valence-corrected chi connectivity index (χ4v) is 10.2. The Kier molecular flexibility index (Phi) is 19.6. The molecule has 16 heteroatoms. The Bertz CT molecular complexity index is 3400. The monoisotopic (exact) mass is 1150 g/mol. The molecule has 0 aliphatic carbocycles. The van der Waals surface area contributed by atoms with Gasteiger partial charge in [-0.25, -0.2) is 19.2 Å². The average Bonchev–Trinajstić information content (AvgIpc) is 2.66. The van der Waals surface area contributed by atoms with E-state index in [0.29, 0.717) is 5.56 Å². The highest BCUT2D eigenvalue weighted by molar-refractivity contribution is 5.92. The molecule has 0 spiro atoms. The molecular formula is C69H62O16. The van der Waals surface area contributed by atoms with E-state index < -0.39 is 98.2 Å². The van der Waals surface area contributed by atoms with Gasteiger partial charge in [0.1, 0.15) is 37.1 Å². The molecule has 11 rings (SSSR count). The summed E-state index contributed by atoms with van der Waals surface area (Å²) in [4.78, 5) is 57.3. The van der Waals surface area contributed by atoms with Gasteiger partial charge >= 0.3 is 23.9 Å². The van der Waals surface area contributed by atoms with E-state index in [9.17, 15) is 19.2 Å². The molecule has 0 bridgehead atoms. The summed E-state index contributed by atoms with van der Waals surface area (Å²) in [7, 11) is 0. The summed E-state index contributed by atoms with van der Waals surface area (Å²) in [5, 5.41) is 0. The highest BCUT2D eigenvalue weighted by atomic mass is 16.8. The Morgan fingerprint density at radius 2 is 0.824 bits per heavy atom. The Morgan fingerprint density at radius 3 is 1.38 bits per heavy atom. The highest BCUT2D eigenvalue weighted by Crippen LogP contribution is 2.39. The van der Waals surface area contributed by atoms with Crippen molar-refractivity contribution in [3.05, 3.63) is 287 Å². The summed E-state index contributed by atoms with van der Waals surface area (Å²) < 4.78 is 79.2. The van der Waals surface area contributed by atoms with E-state index in [4.69, 9.17) is 56.8 Å². The topological polar surface area (TPSA) is 179 Å². The van der Waals surface area contributed by atoms with E-state index in [-0.39, 0.29) is 55.3 Å². The van der Waals surface area contributed by atoms with E-state index in [1.807, 2.05) is 121 Å². The number of fused-ring (bicyclic) bond motifs is 1. The zero-order chi connectivity index (χ0) is 58.2. The first kappa shape index (κ1) is 58.1. The van der Waals surface area contributed by atoms with Crippen molar-refractivity contribution >= 4 is 23.9 Å². The summed E-state index contributed by atoms with van der Waals surface area (Å²) >= 11 is 0. The van der Waals surface area contributed by atoms with E-state index in [2.05, 4.69) is 0 Å². The predicted octanol–water partition coefficient (Wildman–Crippen LogP) is 11.0. The average molecular weight is 1150 g/mol. The highest BCUT2D eigenvalue weighted by Gasteiger charge is 2.56. The molecule has 434 valence electrons. The Balaban J connectivity index is 0.964. The van der Waals surface area contributed by atoms with Crippen LogP contribution in [-0.4, -0.2) is 98.5 Å². The molecule has 8 aromatic carbocycles. The van der Waals surface area contributed by atoms with Gasteiger partial charge < -0.3 is 56.8 Å². The second kappa shape index (κ2) is 28.7. The number of rotatable bonds is 22. The lowest BCUT2D eigenvalue weighted by Gasteiger charge is -2.49. The molecular weight excluding hydrogens is 1080 g/mol. The molecule has 0 unspecified atom stereocenters. The van der Waals surface area contributed by atoms with Crippen LogP contribution in [0.4, 0.5) is 0 Å². The van der Waals surface area contributed by atoms with Crippen LogP contribution in [0.15, 0.2) is 237 Å². The first-order chi connectivity index (χ1) is 41.8. The third-order valence-corrected chi connectivity index (χ3v) is 14.6. The molecule has 3 aliphatic rings. The number of esters is 4. The molecule has 0 amide bonds. The third kappa shape index (κ3) is 15.0. The molecule has 3 saturated heterocycles. The van der Waals surface area contributed by atoms with Crippen molar-refractivity contribution < 1.29 is 76.0 Å². The van der Waals surface area contributed by atoms with Crippen LogP contribution < -0.4 is 0 Å².